The van der Waals surface area contributed by atoms with E-state index in [1.165, 1.54) is 16.9 Å². The summed E-state index contributed by atoms with van der Waals surface area (Å²) in [7, 11) is 8.56. The van der Waals surface area contributed by atoms with E-state index < -0.39 is 5.91 Å². The molecule has 2 fully saturated rings. The predicted molar refractivity (Wildman–Crippen MR) is 157 cm³/mol. The Bertz CT molecular complexity index is 1140. The highest BCUT2D eigenvalue weighted by atomic mass is 16.2. The van der Waals surface area contributed by atoms with Crippen LogP contribution in [0.15, 0.2) is 30.5 Å². The molecule has 0 saturated carbocycles. The lowest BCUT2D eigenvalue weighted by atomic mass is 9.89. The number of anilines is 3. The molecule has 0 atom stereocenters. The molecule has 2 aliphatic rings. The van der Waals surface area contributed by atoms with Crippen molar-refractivity contribution in [2.75, 3.05) is 71.6 Å². The van der Waals surface area contributed by atoms with Crippen molar-refractivity contribution in [3.8, 4) is 0 Å². The molecule has 0 bridgehead atoms. The predicted octanol–water partition coefficient (Wildman–Crippen LogP) is 3.06. The summed E-state index contributed by atoms with van der Waals surface area (Å²) in [6.07, 6.45) is 7.01. The van der Waals surface area contributed by atoms with E-state index >= 15 is 0 Å². The van der Waals surface area contributed by atoms with Gasteiger partial charge in [-0.1, -0.05) is 12.1 Å². The van der Waals surface area contributed by atoms with Crippen molar-refractivity contribution >= 4 is 35.3 Å². The molecule has 1 aromatic carbocycles. The quantitative estimate of drug-likeness (QED) is 0.517. The number of likely N-dealkylation sites (tertiary alicyclic amines) is 1. The first-order valence-corrected chi connectivity index (χ1v) is 13.7. The third-order valence-corrected chi connectivity index (χ3v) is 7.09. The number of benzene rings is 1. The Balaban J connectivity index is 0.000000559. The zero-order valence-electron chi connectivity index (χ0n) is 24.3. The maximum Gasteiger partial charge on any atom is 0.319 e. The van der Waals surface area contributed by atoms with Gasteiger partial charge in [-0.15, -0.1) is 0 Å². The number of aromatic nitrogens is 2. The maximum absolute atomic E-state index is 12.2. The number of hydrogen-bond acceptors (Lipinski definition) is 7. The summed E-state index contributed by atoms with van der Waals surface area (Å²) in [5.74, 6) is 0.964. The standard InChI is InChI=1S/C24H33N7O2.C4H10N2O/c1-29(2)24(33)31-14-10-18(11-15-31)17-6-8-19(9-7-17)27-23-21(22(25)32)26-16-20(28-23)30-12-4-3-5-13-30;1-5-4(7)6(2)3/h6-9,16,18H,3-5,10-15H2,1-2H3,(H2,25,32)(H,27,28);1-3H3,(H,5,7). The van der Waals surface area contributed by atoms with Crippen LogP contribution in [0.25, 0.3) is 0 Å². The fourth-order valence-corrected chi connectivity index (χ4v) is 4.81. The van der Waals surface area contributed by atoms with E-state index in [4.69, 9.17) is 5.73 Å². The van der Waals surface area contributed by atoms with Crippen molar-refractivity contribution in [2.45, 2.75) is 38.0 Å². The highest BCUT2D eigenvalue weighted by Gasteiger charge is 2.25. The summed E-state index contributed by atoms with van der Waals surface area (Å²) >= 11 is 0. The van der Waals surface area contributed by atoms with Crippen LogP contribution in [0.2, 0.25) is 0 Å². The van der Waals surface area contributed by atoms with E-state index in [2.05, 4.69) is 37.6 Å². The SMILES string of the molecule is CN(C)C(=O)N1CCC(c2ccc(Nc3nc(N4CCCCC4)cnc3C(N)=O)cc2)CC1.CNC(=O)N(C)C. The first-order chi connectivity index (χ1) is 19.1. The first kappa shape index (κ1) is 30.5. The molecule has 0 radical (unpaired) electrons. The Morgan fingerprint density at radius 3 is 2.05 bits per heavy atom. The molecule has 5 amide bonds. The molecule has 4 rings (SSSR count). The second kappa shape index (κ2) is 14.3. The van der Waals surface area contributed by atoms with Crippen molar-refractivity contribution in [2.24, 2.45) is 5.73 Å². The van der Waals surface area contributed by atoms with Crippen molar-refractivity contribution < 1.29 is 14.4 Å². The van der Waals surface area contributed by atoms with E-state index in [-0.39, 0.29) is 17.8 Å². The van der Waals surface area contributed by atoms with Gasteiger partial charge in [0.15, 0.2) is 11.5 Å². The lowest BCUT2D eigenvalue weighted by Crippen LogP contribution is -2.43. The number of primary amides is 1. The molecule has 1 aromatic heterocycles. The van der Waals surface area contributed by atoms with Gasteiger partial charge < -0.3 is 36.0 Å². The largest absolute Gasteiger partial charge is 0.364 e. The Morgan fingerprint density at radius 1 is 0.925 bits per heavy atom. The highest BCUT2D eigenvalue weighted by molar-refractivity contribution is 5.96. The molecule has 2 aliphatic heterocycles. The topological polar surface area (TPSA) is 140 Å². The van der Waals surface area contributed by atoms with Gasteiger partial charge in [-0.05, 0) is 55.7 Å². The van der Waals surface area contributed by atoms with Gasteiger partial charge in [-0.2, -0.15) is 0 Å². The van der Waals surface area contributed by atoms with Gasteiger partial charge in [-0.25, -0.2) is 19.6 Å². The van der Waals surface area contributed by atoms with Crippen LogP contribution in [0.3, 0.4) is 0 Å². The van der Waals surface area contributed by atoms with Gasteiger partial charge in [0.1, 0.15) is 5.82 Å². The molecule has 4 N–H and O–H groups in total. The van der Waals surface area contributed by atoms with Crippen LogP contribution in [0.1, 0.15) is 54.1 Å². The third kappa shape index (κ3) is 8.20. The smallest absolute Gasteiger partial charge is 0.319 e. The number of urea groups is 2. The molecule has 218 valence electrons. The molecule has 2 saturated heterocycles. The van der Waals surface area contributed by atoms with Crippen molar-refractivity contribution in [1.82, 2.24) is 30.0 Å². The maximum atomic E-state index is 12.2. The molecule has 12 heteroatoms. The molecule has 0 spiro atoms. The van der Waals surface area contributed by atoms with E-state index in [9.17, 15) is 14.4 Å². The monoisotopic (exact) mass is 553 g/mol. The Kier molecular flexibility index (Phi) is 10.9. The van der Waals surface area contributed by atoms with Crippen LogP contribution in [-0.2, 0) is 0 Å². The summed E-state index contributed by atoms with van der Waals surface area (Å²) in [4.78, 5) is 50.6. The summed E-state index contributed by atoms with van der Waals surface area (Å²) in [6, 6.07) is 8.19. The number of nitrogens with zero attached hydrogens (tertiary/aromatic N) is 6. The van der Waals surface area contributed by atoms with E-state index in [1.54, 1.807) is 46.3 Å². The molecule has 0 aliphatic carbocycles. The molecular formula is C28H43N9O3. The Morgan fingerprint density at radius 2 is 1.55 bits per heavy atom. The van der Waals surface area contributed by atoms with Crippen LogP contribution in [0.5, 0.6) is 0 Å². The lowest BCUT2D eigenvalue weighted by Gasteiger charge is -2.33. The van der Waals surface area contributed by atoms with Crippen LogP contribution in [-0.4, -0.2) is 104 Å². The van der Waals surface area contributed by atoms with Gasteiger partial charge in [0, 0.05) is 67.1 Å². The molecule has 12 nitrogen and oxygen atoms in total. The van der Waals surface area contributed by atoms with E-state index in [0.717, 1.165) is 63.4 Å². The van der Waals surface area contributed by atoms with Crippen molar-refractivity contribution in [1.29, 1.82) is 0 Å². The van der Waals surface area contributed by atoms with Gasteiger partial charge >= 0.3 is 12.1 Å². The lowest BCUT2D eigenvalue weighted by molar-refractivity contribution is 0.0996. The van der Waals surface area contributed by atoms with Gasteiger partial charge in [0.05, 0.1) is 6.20 Å². The second-order valence-corrected chi connectivity index (χ2v) is 10.5. The third-order valence-electron chi connectivity index (χ3n) is 7.09. The average molecular weight is 554 g/mol. The van der Waals surface area contributed by atoms with E-state index in [0.29, 0.717) is 11.7 Å². The summed E-state index contributed by atoms with van der Waals surface area (Å²) < 4.78 is 0. The zero-order valence-corrected chi connectivity index (χ0v) is 24.3. The number of hydrogen-bond donors (Lipinski definition) is 3. The number of rotatable bonds is 5. The van der Waals surface area contributed by atoms with Crippen LogP contribution < -0.4 is 21.3 Å². The van der Waals surface area contributed by atoms with Gasteiger partial charge in [0.25, 0.3) is 5.91 Å². The van der Waals surface area contributed by atoms with Crippen molar-refractivity contribution in [3.63, 3.8) is 0 Å². The van der Waals surface area contributed by atoms with Crippen LogP contribution in [0.4, 0.5) is 26.9 Å². The molecule has 40 heavy (non-hydrogen) atoms. The van der Waals surface area contributed by atoms with E-state index in [1.807, 2.05) is 17.0 Å². The number of piperidine rings is 2. The highest BCUT2D eigenvalue weighted by Crippen LogP contribution is 2.30. The molecule has 3 heterocycles. The van der Waals surface area contributed by atoms with Crippen LogP contribution >= 0.6 is 0 Å². The number of amides is 5. The van der Waals surface area contributed by atoms with Crippen LogP contribution in [0, 0.1) is 0 Å². The fourth-order valence-electron chi connectivity index (χ4n) is 4.81. The Labute approximate surface area is 236 Å². The van der Waals surface area contributed by atoms with Crippen molar-refractivity contribution in [3.05, 3.63) is 41.7 Å². The minimum atomic E-state index is -0.606. The average Bonchev–Trinajstić information content (AvgIpc) is 2.97. The summed E-state index contributed by atoms with van der Waals surface area (Å²) in [5, 5.41) is 5.69. The number of carbonyl (C=O) groups is 3. The zero-order chi connectivity index (χ0) is 29.2. The molecular weight excluding hydrogens is 510 g/mol. The Hall–Kier alpha value is -4.09. The van der Waals surface area contributed by atoms with Gasteiger partial charge in [-0.3, -0.25) is 4.79 Å². The first-order valence-electron chi connectivity index (χ1n) is 13.7. The molecule has 0 unspecified atom stereocenters. The minimum absolute atomic E-state index is 0.0694. The summed E-state index contributed by atoms with van der Waals surface area (Å²) in [6.45, 7) is 3.42. The summed E-state index contributed by atoms with van der Waals surface area (Å²) in [5.41, 5.74) is 7.76. The number of nitrogens with one attached hydrogen (secondary N) is 2. The second-order valence-electron chi connectivity index (χ2n) is 10.5. The number of carbonyl (C=O) groups excluding carboxylic acids is 3. The number of nitrogens with two attached hydrogens (primary N) is 1. The normalized spacial score (nSPS) is 15.4. The minimum Gasteiger partial charge on any atom is -0.364 e. The molecule has 2 aromatic rings. The fraction of sp³-hybridized carbons (Fsp3) is 0.536. The van der Waals surface area contributed by atoms with Gasteiger partial charge in [0.2, 0.25) is 0 Å².